The number of carbonyl (C=O) groups is 1. The van der Waals surface area contributed by atoms with Crippen LogP contribution in [0.1, 0.15) is 44.7 Å². The number of thiazole rings is 1. The number of likely N-dealkylation sites (N-methyl/N-ethyl adjacent to an activating group) is 1. The number of nitrogens with one attached hydrogen (secondary N) is 1. The minimum Gasteiger partial charge on any atom is -0.468 e. The Kier molecular flexibility index (Phi) is 8.32. The van der Waals surface area contributed by atoms with Gasteiger partial charge in [-0.2, -0.15) is 13.2 Å². The fraction of sp³-hybridized carbons (Fsp3) is 0.440. The molecule has 0 saturated carbocycles. The maximum atomic E-state index is 13.7. The molecule has 7 nitrogen and oxygen atoms in total. The molecule has 1 aliphatic heterocycles. The summed E-state index contributed by atoms with van der Waals surface area (Å²) in [6.07, 6.45) is -2.86. The summed E-state index contributed by atoms with van der Waals surface area (Å²) in [4.78, 5) is 20.4. The van der Waals surface area contributed by atoms with Crippen LogP contribution in [0.2, 0.25) is 0 Å². The quantitative estimate of drug-likeness (QED) is 0.437. The molecule has 4 rings (SSSR count). The molecule has 3 heterocycles. The summed E-state index contributed by atoms with van der Waals surface area (Å²) in [5.74, 6) is -0.0151. The van der Waals surface area contributed by atoms with E-state index in [9.17, 15) is 18.0 Å². The van der Waals surface area contributed by atoms with Crippen LogP contribution in [0.25, 0.3) is 0 Å². The number of nitrogens with zero attached hydrogens (tertiary/aromatic N) is 3. The minimum absolute atomic E-state index is 0.265. The summed E-state index contributed by atoms with van der Waals surface area (Å²) in [7, 11) is 1.85. The van der Waals surface area contributed by atoms with Crippen molar-refractivity contribution in [3.8, 4) is 0 Å². The zero-order valence-corrected chi connectivity index (χ0v) is 21.0. The number of alkyl halides is 3. The average molecular weight is 523 g/mol. The predicted molar refractivity (Wildman–Crippen MR) is 131 cm³/mol. The minimum atomic E-state index is -4.72. The number of ether oxygens (including phenoxy) is 1. The smallest absolute Gasteiger partial charge is 0.435 e. The molecular weight excluding hydrogens is 493 g/mol. The molecule has 3 aromatic rings. The fourth-order valence-corrected chi connectivity index (χ4v) is 4.98. The first kappa shape index (κ1) is 26.2. The molecular formula is C25H29F3N4O3S. The normalized spacial score (nSPS) is 15.3. The van der Waals surface area contributed by atoms with Gasteiger partial charge in [-0.15, -0.1) is 11.3 Å². The Bertz CT molecular complexity index is 1140. The number of furan rings is 1. The number of anilines is 1. The van der Waals surface area contributed by atoms with Crippen LogP contribution in [0.4, 0.5) is 18.9 Å². The van der Waals surface area contributed by atoms with Crippen LogP contribution in [-0.2, 0) is 23.9 Å². The molecule has 1 aromatic carbocycles. The lowest BCUT2D eigenvalue weighted by Crippen LogP contribution is -2.36. The molecule has 36 heavy (non-hydrogen) atoms. The second kappa shape index (κ2) is 11.4. The zero-order chi connectivity index (χ0) is 25.7. The van der Waals surface area contributed by atoms with Crippen LogP contribution >= 0.6 is 11.3 Å². The van der Waals surface area contributed by atoms with Gasteiger partial charge in [-0.3, -0.25) is 9.69 Å². The fourth-order valence-electron chi connectivity index (χ4n) is 4.01. The highest BCUT2D eigenvalue weighted by Gasteiger charge is 2.39. The van der Waals surface area contributed by atoms with Gasteiger partial charge in [-0.05, 0) is 43.8 Å². The van der Waals surface area contributed by atoms with Gasteiger partial charge in [0.05, 0.1) is 37.1 Å². The Morgan fingerprint density at radius 3 is 2.72 bits per heavy atom. The zero-order valence-electron chi connectivity index (χ0n) is 20.2. The van der Waals surface area contributed by atoms with E-state index in [-0.39, 0.29) is 11.4 Å². The molecule has 1 unspecified atom stereocenters. The van der Waals surface area contributed by atoms with Gasteiger partial charge in [-0.1, -0.05) is 12.1 Å². The van der Waals surface area contributed by atoms with E-state index < -0.39 is 28.7 Å². The van der Waals surface area contributed by atoms with E-state index >= 15 is 0 Å². The third-order valence-electron chi connectivity index (χ3n) is 5.95. The largest absolute Gasteiger partial charge is 0.468 e. The van der Waals surface area contributed by atoms with Crippen LogP contribution in [0.3, 0.4) is 0 Å². The van der Waals surface area contributed by atoms with Crippen molar-refractivity contribution in [2.24, 2.45) is 0 Å². The molecule has 1 fully saturated rings. The first-order valence-electron chi connectivity index (χ1n) is 11.7. The first-order chi connectivity index (χ1) is 17.2. The van der Waals surface area contributed by atoms with Gasteiger partial charge in [-0.25, -0.2) is 4.98 Å². The van der Waals surface area contributed by atoms with Gasteiger partial charge >= 0.3 is 6.18 Å². The number of halogens is 3. The van der Waals surface area contributed by atoms with Gasteiger partial charge in [0.2, 0.25) is 0 Å². The topological polar surface area (TPSA) is 70.8 Å². The number of benzene rings is 1. The standard InChI is InChI=1S/C25H29F3N4O3S/c1-17(18-5-3-6-19(15-18)32-10-13-34-14-11-32)29-24(33)22-23(25(26,27)28)30-21(36-22)8-9-31(2)16-20-7-4-12-35-20/h3-7,12,15,17H,8-11,13-14,16H2,1-2H3,(H,29,33). The Hall–Kier alpha value is -2.89. The summed E-state index contributed by atoms with van der Waals surface area (Å²) in [6, 6.07) is 10.8. The number of aromatic nitrogens is 1. The number of hydrogen-bond acceptors (Lipinski definition) is 7. The molecule has 1 N–H and O–H groups in total. The molecule has 1 amide bonds. The van der Waals surface area contributed by atoms with Gasteiger partial charge < -0.3 is 19.4 Å². The second-order valence-corrected chi connectivity index (χ2v) is 9.82. The van der Waals surface area contributed by atoms with Crippen LogP contribution in [0.15, 0.2) is 47.1 Å². The SMILES string of the molecule is CC(NC(=O)c1sc(CCN(C)Cc2ccco2)nc1C(F)(F)F)c1cccc(N2CCOCC2)c1. The van der Waals surface area contributed by atoms with Crippen LogP contribution in [0, 0.1) is 0 Å². The predicted octanol–water partition coefficient (Wildman–Crippen LogP) is 4.76. The Balaban J connectivity index is 1.44. The summed E-state index contributed by atoms with van der Waals surface area (Å²) >= 11 is 0.792. The summed E-state index contributed by atoms with van der Waals surface area (Å²) in [5.41, 5.74) is 0.666. The highest BCUT2D eigenvalue weighted by molar-refractivity contribution is 7.13. The number of morpholine rings is 1. The van der Waals surface area contributed by atoms with Gasteiger partial charge in [0.25, 0.3) is 5.91 Å². The highest BCUT2D eigenvalue weighted by Crippen LogP contribution is 2.35. The number of amides is 1. The van der Waals surface area contributed by atoms with Crippen molar-refractivity contribution in [1.82, 2.24) is 15.2 Å². The van der Waals surface area contributed by atoms with Gasteiger partial charge in [0.15, 0.2) is 5.69 Å². The second-order valence-electron chi connectivity index (χ2n) is 8.74. The van der Waals surface area contributed by atoms with Crippen molar-refractivity contribution in [3.63, 3.8) is 0 Å². The maximum Gasteiger partial charge on any atom is 0.435 e. The molecule has 0 spiro atoms. The van der Waals surface area contributed by atoms with E-state index in [0.717, 1.165) is 41.4 Å². The van der Waals surface area contributed by atoms with Crippen LogP contribution in [0.5, 0.6) is 0 Å². The highest BCUT2D eigenvalue weighted by atomic mass is 32.1. The van der Waals surface area contributed by atoms with Crippen LogP contribution < -0.4 is 10.2 Å². The van der Waals surface area contributed by atoms with Gasteiger partial charge in [0.1, 0.15) is 10.6 Å². The molecule has 0 aliphatic carbocycles. The van der Waals surface area contributed by atoms with E-state index in [4.69, 9.17) is 9.15 Å². The Morgan fingerprint density at radius 2 is 2.03 bits per heavy atom. The molecule has 1 aliphatic rings. The summed E-state index contributed by atoms with van der Waals surface area (Å²) in [5, 5.41) is 2.99. The lowest BCUT2D eigenvalue weighted by Gasteiger charge is -2.29. The monoisotopic (exact) mass is 522 g/mol. The Labute approximate surface area is 211 Å². The first-order valence-corrected chi connectivity index (χ1v) is 12.5. The van der Waals surface area contributed by atoms with Crippen molar-refractivity contribution in [3.05, 3.63) is 69.6 Å². The van der Waals surface area contributed by atoms with Crippen LogP contribution in [-0.4, -0.2) is 55.7 Å². The third kappa shape index (κ3) is 6.65. The van der Waals surface area contributed by atoms with E-state index in [2.05, 4.69) is 15.2 Å². The molecule has 0 radical (unpaired) electrons. The number of hydrogen-bond donors (Lipinski definition) is 1. The van der Waals surface area contributed by atoms with Gasteiger partial charge in [0, 0.05) is 31.7 Å². The molecule has 11 heteroatoms. The lowest BCUT2D eigenvalue weighted by molar-refractivity contribution is -0.141. The number of carbonyl (C=O) groups excluding carboxylic acids is 1. The molecule has 2 aromatic heterocycles. The number of rotatable bonds is 9. The van der Waals surface area contributed by atoms with Crippen molar-refractivity contribution in [2.75, 3.05) is 44.8 Å². The van der Waals surface area contributed by atoms with E-state index in [1.165, 1.54) is 0 Å². The lowest BCUT2D eigenvalue weighted by atomic mass is 10.1. The maximum absolute atomic E-state index is 13.7. The molecule has 194 valence electrons. The van der Waals surface area contributed by atoms with Crippen molar-refractivity contribution < 1.29 is 27.1 Å². The van der Waals surface area contributed by atoms with E-state index in [0.29, 0.717) is 26.3 Å². The third-order valence-corrected chi connectivity index (χ3v) is 7.07. The molecule has 0 bridgehead atoms. The van der Waals surface area contributed by atoms with E-state index in [1.807, 2.05) is 42.3 Å². The summed E-state index contributed by atoms with van der Waals surface area (Å²) < 4.78 is 51.9. The average Bonchev–Trinajstić information content (AvgIpc) is 3.53. The van der Waals surface area contributed by atoms with Crippen molar-refractivity contribution in [1.29, 1.82) is 0 Å². The van der Waals surface area contributed by atoms with E-state index in [1.54, 1.807) is 19.3 Å². The molecule has 1 atom stereocenters. The van der Waals surface area contributed by atoms with Crippen molar-refractivity contribution >= 4 is 22.9 Å². The Morgan fingerprint density at radius 1 is 1.25 bits per heavy atom. The van der Waals surface area contributed by atoms with Crippen molar-refractivity contribution in [2.45, 2.75) is 32.1 Å². The summed E-state index contributed by atoms with van der Waals surface area (Å²) in [6.45, 7) is 5.57. The molecule has 1 saturated heterocycles.